The van der Waals surface area contributed by atoms with Gasteiger partial charge in [-0.1, -0.05) is 46.4 Å². The first-order chi connectivity index (χ1) is 33.3. The van der Waals surface area contributed by atoms with Crippen molar-refractivity contribution in [3.05, 3.63) is 130 Å². The number of nitrogens with two attached hydrogens (primary N) is 2. The van der Waals surface area contributed by atoms with E-state index in [1.54, 1.807) is 49.1 Å². The van der Waals surface area contributed by atoms with Crippen molar-refractivity contribution in [2.24, 2.45) is 5.73 Å². The van der Waals surface area contributed by atoms with Gasteiger partial charge in [-0.15, -0.1) is 26.3 Å². The summed E-state index contributed by atoms with van der Waals surface area (Å²) in [5.74, 6) is 0.481. The van der Waals surface area contributed by atoms with Crippen LogP contribution in [-0.4, -0.2) is 77.0 Å². The molecule has 2 aromatic carbocycles. The SMILES string of the molecule is NC1CCN(c2nccc(Oc3ccc(Cl)c(OC(F)(F)F)c3)c2Cl)CC1.Nc1cccnc1.O=C(Nc1cccnc1)NC1CCN(c2nccc(Oc3ccc(Cl)c(OC(F)(F)F)c3)c2Cl)CC1. The second kappa shape index (κ2) is 24.4. The van der Waals surface area contributed by atoms with Crippen molar-refractivity contribution in [3.63, 3.8) is 0 Å². The molecule has 0 spiro atoms. The number of rotatable bonds is 10. The third-order valence-electron chi connectivity index (χ3n) is 9.96. The number of nitrogen functional groups attached to an aromatic ring is 1. The molecule has 15 nitrogen and oxygen atoms in total. The molecule has 0 atom stereocenters. The van der Waals surface area contributed by atoms with E-state index in [9.17, 15) is 31.1 Å². The number of ether oxygens (including phenoxy) is 4. The van der Waals surface area contributed by atoms with Gasteiger partial charge in [0, 0.05) is 93.5 Å². The molecule has 2 aliphatic rings. The van der Waals surface area contributed by atoms with Gasteiger partial charge in [0.25, 0.3) is 0 Å². The Morgan fingerprint density at radius 2 is 1.10 bits per heavy atom. The van der Waals surface area contributed by atoms with Gasteiger partial charge in [0.15, 0.2) is 34.6 Å². The lowest BCUT2D eigenvalue weighted by molar-refractivity contribution is -0.275. The summed E-state index contributed by atoms with van der Waals surface area (Å²) in [7, 11) is 0. The number of hydrogen-bond acceptors (Lipinski definition) is 13. The first-order valence-corrected chi connectivity index (χ1v) is 22.4. The fraction of sp³-hybridized carbons (Fsp3) is 0.267. The van der Waals surface area contributed by atoms with Crippen molar-refractivity contribution in [2.75, 3.05) is 47.0 Å². The van der Waals surface area contributed by atoms with Crippen LogP contribution in [0, 0.1) is 0 Å². The summed E-state index contributed by atoms with van der Waals surface area (Å²) in [5, 5.41) is 5.74. The minimum Gasteiger partial charge on any atom is -0.455 e. The van der Waals surface area contributed by atoms with Gasteiger partial charge in [-0.25, -0.2) is 14.8 Å². The van der Waals surface area contributed by atoms with Gasteiger partial charge >= 0.3 is 18.8 Å². The maximum absolute atomic E-state index is 12.6. The fourth-order valence-corrected chi connectivity index (χ4v) is 7.55. The first-order valence-electron chi connectivity index (χ1n) is 20.9. The average Bonchev–Trinajstić information content (AvgIpc) is 3.31. The molecule has 0 saturated carbocycles. The zero-order chi connectivity index (χ0) is 50.4. The second-order valence-corrected chi connectivity index (χ2v) is 16.7. The molecule has 2 fully saturated rings. The van der Waals surface area contributed by atoms with Crippen LogP contribution in [0.3, 0.4) is 0 Å². The lowest BCUT2D eigenvalue weighted by Crippen LogP contribution is -2.46. The number of pyridine rings is 4. The van der Waals surface area contributed by atoms with Gasteiger partial charge in [-0.05, 0) is 74.2 Å². The molecule has 6 heterocycles. The minimum atomic E-state index is -4.90. The molecule has 2 saturated heterocycles. The Bertz CT molecular complexity index is 2650. The second-order valence-electron chi connectivity index (χ2n) is 15.1. The van der Waals surface area contributed by atoms with Gasteiger partial charge in [-0.2, -0.15) is 0 Å². The third kappa shape index (κ3) is 16.4. The maximum Gasteiger partial charge on any atom is 0.573 e. The summed E-state index contributed by atoms with van der Waals surface area (Å²) < 4.78 is 94.4. The first kappa shape index (κ1) is 53.0. The Labute approximate surface area is 416 Å². The van der Waals surface area contributed by atoms with Crippen molar-refractivity contribution >= 4 is 75.4 Å². The predicted octanol–water partition coefficient (Wildman–Crippen LogP) is 11.9. The molecule has 6 N–H and O–H groups in total. The van der Waals surface area contributed by atoms with E-state index >= 15 is 0 Å². The normalized spacial score (nSPS) is 14.3. The van der Waals surface area contributed by atoms with Gasteiger partial charge in [-0.3, -0.25) is 9.97 Å². The highest BCUT2D eigenvalue weighted by molar-refractivity contribution is 6.35. The molecule has 2 amide bonds. The Hall–Kier alpha value is -6.39. The Balaban J connectivity index is 0.000000207. The van der Waals surface area contributed by atoms with E-state index in [-0.39, 0.29) is 61.2 Å². The van der Waals surface area contributed by atoms with E-state index in [4.69, 9.17) is 67.3 Å². The number of urea groups is 1. The van der Waals surface area contributed by atoms with Crippen LogP contribution in [0.25, 0.3) is 0 Å². The van der Waals surface area contributed by atoms with Crippen LogP contribution in [0.1, 0.15) is 25.7 Å². The van der Waals surface area contributed by atoms with Crippen LogP contribution >= 0.6 is 46.4 Å². The van der Waals surface area contributed by atoms with E-state index in [1.807, 2.05) is 9.80 Å². The van der Waals surface area contributed by atoms with Gasteiger partial charge < -0.3 is 50.8 Å². The van der Waals surface area contributed by atoms with E-state index in [2.05, 4.69) is 40.0 Å². The van der Waals surface area contributed by atoms with Crippen molar-refractivity contribution in [1.29, 1.82) is 0 Å². The van der Waals surface area contributed by atoms with Crippen molar-refractivity contribution < 1.29 is 50.1 Å². The number of halogens is 10. The third-order valence-corrected chi connectivity index (χ3v) is 11.3. The maximum atomic E-state index is 12.6. The number of aromatic nitrogens is 4. The molecule has 0 bridgehead atoms. The van der Waals surface area contributed by atoms with Gasteiger partial charge in [0.2, 0.25) is 0 Å². The average molecular weight is 1060 g/mol. The minimum absolute atomic E-state index is 0.0442. The standard InChI is InChI=1S/C23H20Cl2F3N5O3.C17H16Cl2F3N3O2.C5H6N2/c24-17-4-3-16(12-19(17)36-23(26,27)28)35-18-5-9-30-21(20(18)25)33-10-6-14(7-11-33)31-22(34)32-15-2-1-8-29-13-15;18-12-2-1-11(9-14(12)27-17(20,21)22)26-13-3-6-24-16(15(13)19)25-7-4-10(23)5-8-25;6-5-2-1-3-7-4-5/h1-5,8-9,12-14H,6-7,10-11H2,(H2,31,32,34);1-3,6,9-10H,4-5,7-8,23H2;1-4H,6H2. The van der Waals surface area contributed by atoms with Crippen LogP contribution in [0.2, 0.25) is 20.1 Å². The van der Waals surface area contributed by atoms with E-state index < -0.39 is 24.2 Å². The van der Waals surface area contributed by atoms with Crippen LogP contribution < -0.4 is 50.8 Å². The van der Waals surface area contributed by atoms with E-state index in [0.29, 0.717) is 62.0 Å². The molecule has 0 radical (unpaired) electrons. The monoisotopic (exact) mass is 1060 g/mol. The van der Waals surface area contributed by atoms with Crippen LogP contribution in [0.5, 0.6) is 34.5 Å². The molecular weight excluding hydrogens is 1020 g/mol. The zero-order valence-corrected chi connectivity index (χ0v) is 39.4. The quantitative estimate of drug-likeness (QED) is 0.0950. The topological polar surface area (TPSA) is 188 Å². The number of piperidine rings is 2. The number of benzene rings is 2. The highest BCUT2D eigenvalue weighted by atomic mass is 35.5. The van der Waals surface area contributed by atoms with E-state index in [1.165, 1.54) is 48.8 Å². The fourth-order valence-electron chi connectivity index (χ4n) is 6.70. The summed E-state index contributed by atoms with van der Waals surface area (Å²) in [6.07, 6.45) is 2.67. The van der Waals surface area contributed by atoms with Crippen molar-refractivity contribution in [3.8, 4) is 34.5 Å². The smallest absolute Gasteiger partial charge is 0.455 e. The predicted molar refractivity (Wildman–Crippen MR) is 255 cm³/mol. The lowest BCUT2D eigenvalue weighted by atomic mass is 10.1. The molecule has 6 aromatic rings. The number of nitrogens with zero attached hydrogens (tertiary/aromatic N) is 6. The summed E-state index contributed by atoms with van der Waals surface area (Å²) in [6, 6.07) is 17.3. The molecule has 8 rings (SSSR count). The molecule has 4 aromatic heterocycles. The Morgan fingerprint density at radius 1 is 0.629 bits per heavy atom. The summed E-state index contributed by atoms with van der Waals surface area (Å²) in [5.41, 5.74) is 12.5. The molecule has 25 heteroatoms. The summed E-state index contributed by atoms with van der Waals surface area (Å²) >= 11 is 24.5. The number of anilines is 4. The largest absolute Gasteiger partial charge is 0.573 e. The number of alkyl halides is 6. The molecule has 372 valence electrons. The summed E-state index contributed by atoms with van der Waals surface area (Å²) in [4.78, 5) is 32.5. The van der Waals surface area contributed by atoms with Crippen LogP contribution in [0.15, 0.2) is 110 Å². The lowest BCUT2D eigenvalue weighted by Gasteiger charge is -2.33. The number of carbonyl (C=O) groups is 1. The van der Waals surface area contributed by atoms with E-state index in [0.717, 1.165) is 25.0 Å². The van der Waals surface area contributed by atoms with Crippen molar-refractivity contribution in [2.45, 2.75) is 50.5 Å². The number of carbonyl (C=O) groups excluding carboxylic acids is 1. The Kier molecular flexibility index (Phi) is 18.5. The number of hydrogen-bond donors (Lipinski definition) is 4. The van der Waals surface area contributed by atoms with Gasteiger partial charge in [0.1, 0.15) is 21.5 Å². The van der Waals surface area contributed by atoms with Gasteiger partial charge in [0.05, 0.1) is 27.6 Å². The molecule has 0 unspecified atom stereocenters. The summed E-state index contributed by atoms with van der Waals surface area (Å²) in [6.45, 7) is 2.56. The zero-order valence-electron chi connectivity index (χ0n) is 36.4. The van der Waals surface area contributed by atoms with Crippen LogP contribution in [-0.2, 0) is 0 Å². The molecule has 70 heavy (non-hydrogen) atoms. The highest BCUT2D eigenvalue weighted by Crippen LogP contribution is 2.41. The number of amides is 2. The number of nitrogens with one attached hydrogen (secondary N) is 2. The molecule has 2 aliphatic heterocycles. The van der Waals surface area contributed by atoms with Crippen molar-refractivity contribution in [1.82, 2.24) is 25.3 Å². The molecule has 0 aliphatic carbocycles. The highest BCUT2D eigenvalue weighted by Gasteiger charge is 2.33. The van der Waals surface area contributed by atoms with Crippen LogP contribution in [0.4, 0.5) is 54.1 Å². The molecular formula is C45H42Cl4F6N10O5. The Morgan fingerprint density at radius 3 is 1.51 bits per heavy atom.